The van der Waals surface area contributed by atoms with Crippen molar-refractivity contribution in [2.24, 2.45) is 39.9 Å². The third-order valence-corrected chi connectivity index (χ3v) is 9.49. The Balaban J connectivity index is 1.64. The van der Waals surface area contributed by atoms with Crippen molar-refractivity contribution >= 4 is 5.78 Å². The second-order valence-electron chi connectivity index (χ2n) is 10.2. The van der Waals surface area contributed by atoms with E-state index in [0.29, 0.717) is 24.5 Å². The summed E-state index contributed by atoms with van der Waals surface area (Å²) >= 11 is 0. The van der Waals surface area contributed by atoms with Gasteiger partial charge in [-0.2, -0.15) is 0 Å². The molecule has 130 valence electrons. The molecule has 6 saturated carbocycles. The summed E-state index contributed by atoms with van der Waals surface area (Å²) in [6.07, 6.45) is 3.42. The molecule has 2 spiro atoms. The van der Waals surface area contributed by atoms with Gasteiger partial charge in [0.25, 0.3) is 0 Å². The first-order valence-corrected chi connectivity index (χ1v) is 9.64. The number of carbonyl (C=O) groups excluding carboxylic acids is 1. The molecule has 7 fully saturated rings. The summed E-state index contributed by atoms with van der Waals surface area (Å²) in [5.41, 5.74) is 0.884. The molecule has 0 amide bonds. The van der Waals surface area contributed by atoms with Gasteiger partial charge in [-0.05, 0) is 41.9 Å². The van der Waals surface area contributed by atoms with Crippen LogP contribution in [0.2, 0.25) is 0 Å². The van der Waals surface area contributed by atoms with E-state index in [4.69, 9.17) is 0 Å². The highest BCUT2D eigenvalue weighted by atomic mass is 16.3. The summed E-state index contributed by atoms with van der Waals surface area (Å²) < 4.78 is 0. The summed E-state index contributed by atoms with van der Waals surface area (Å²) in [4.78, 5) is 12.8. The van der Waals surface area contributed by atoms with Crippen molar-refractivity contribution in [3.63, 3.8) is 0 Å². The number of piperidine rings is 1. The molecular weight excluding hydrogens is 302 g/mol. The zero-order valence-electron chi connectivity index (χ0n) is 14.3. The summed E-state index contributed by atoms with van der Waals surface area (Å²) in [5, 5.41) is 26.3. The molecule has 3 N–H and O–H groups in total. The van der Waals surface area contributed by atoms with Gasteiger partial charge in [-0.3, -0.25) is 4.79 Å². The lowest BCUT2D eigenvalue weighted by Gasteiger charge is -2.66. The topological polar surface area (TPSA) is 69.6 Å². The Morgan fingerprint density at radius 2 is 2.00 bits per heavy atom. The number of fused-ring (bicyclic) bond motifs is 1. The second-order valence-corrected chi connectivity index (χ2v) is 10.2. The van der Waals surface area contributed by atoms with Crippen LogP contribution in [0, 0.1) is 39.9 Å². The number of aliphatic hydroxyl groups is 2. The van der Waals surface area contributed by atoms with Crippen LogP contribution in [0.5, 0.6) is 0 Å². The van der Waals surface area contributed by atoms with E-state index >= 15 is 0 Å². The first kappa shape index (κ1) is 14.5. The van der Waals surface area contributed by atoms with E-state index in [9.17, 15) is 15.0 Å². The van der Waals surface area contributed by atoms with E-state index in [1.54, 1.807) is 0 Å². The highest BCUT2D eigenvalue weighted by Crippen LogP contribution is 2.81. The number of ketones is 1. The Morgan fingerprint density at radius 1 is 1.21 bits per heavy atom. The van der Waals surface area contributed by atoms with Gasteiger partial charge in [-0.15, -0.1) is 0 Å². The highest BCUT2D eigenvalue weighted by Gasteiger charge is 2.83. The zero-order valence-corrected chi connectivity index (χ0v) is 14.3. The molecule has 4 nitrogen and oxygen atoms in total. The number of hydrogen-bond donors (Lipinski definition) is 3. The van der Waals surface area contributed by atoms with Gasteiger partial charge >= 0.3 is 0 Å². The zero-order chi connectivity index (χ0) is 16.6. The number of rotatable bonds is 0. The van der Waals surface area contributed by atoms with Crippen LogP contribution in [-0.2, 0) is 4.79 Å². The smallest absolute Gasteiger partial charge is 0.134 e. The van der Waals surface area contributed by atoms with Crippen molar-refractivity contribution in [1.29, 1.82) is 0 Å². The molecule has 10 unspecified atom stereocenters. The van der Waals surface area contributed by atoms with E-state index in [1.165, 1.54) is 0 Å². The third-order valence-electron chi connectivity index (χ3n) is 9.49. The van der Waals surface area contributed by atoms with Gasteiger partial charge in [0.1, 0.15) is 5.78 Å². The first-order valence-electron chi connectivity index (χ1n) is 9.64. The Kier molecular flexibility index (Phi) is 2.31. The fraction of sp³-hybridized carbons (Fsp3) is 0.850. The molecule has 24 heavy (non-hydrogen) atoms. The Bertz CT molecular complexity index is 690. The molecule has 7 rings (SSSR count). The van der Waals surface area contributed by atoms with Crippen LogP contribution in [0.25, 0.3) is 0 Å². The standard InChI is InChI=1S/C20H27NO3/c1-9-5-19-4-3-11-18(2)6-10(22)7-20(11)16(19)15(24)12(9)14(23)13(19)17(20)21-8-18/h11-17,21,23-24H,1,3-8H2,2H3. The molecule has 1 aliphatic heterocycles. The second kappa shape index (κ2) is 3.84. The lowest BCUT2D eigenvalue weighted by molar-refractivity contribution is -0.209. The molecule has 0 radical (unpaired) electrons. The fourth-order valence-corrected chi connectivity index (χ4v) is 9.37. The van der Waals surface area contributed by atoms with Crippen LogP contribution in [-0.4, -0.2) is 40.8 Å². The molecule has 0 aromatic carbocycles. The normalized spacial score (nSPS) is 66.0. The number of carbonyl (C=O) groups is 1. The van der Waals surface area contributed by atoms with E-state index in [-0.39, 0.29) is 40.0 Å². The number of hydrogen-bond acceptors (Lipinski definition) is 4. The van der Waals surface area contributed by atoms with E-state index in [0.717, 1.165) is 31.4 Å². The van der Waals surface area contributed by atoms with E-state index in [1.807, 2.05) is 0 Å². The van der Waals surface area contributed by atoms with Gasteiger partial charge in [-0.25, -0.2) is 0 Å². The van der Waals surface area contributed by atoms with Gasteiger partial charge in [0, 0.05) is 42.7 Å². The van der Waals surface area contributed by atoms with E-state index < -0.39 is 12.2 Å². The maximum absolute atomic E-state index is 12.8. The van der Waals surface area contributed by atoms with Crippen molar-refractivity contribution < 1.29 is 15.0 Å². The SMILES string of the molecule is C=C1CC23CCC4C5(C)CNC6C2C(O)C1C(O)C3C64CC(=O)C5. The van der Waals surface area contributed by atoms with Gasteiger partial charge < -0.3 is 15.5 Å². The molecule has 0 aromatic rings. The van der Waals surface area contributed by atoms with Gasteiger partial charge in [-0.1, -0.05) is 19.1 Å². The van der Waals surface area contributed by atoms with Gasteiger partial charge in [0.05, 0.1) is 12.2 Å². The largest absolute Gasteiger partial charge is 0.392 e. The van der Waals surface area contributed by atoms with Crippen LogP contribution in [0.15, 0.2) is 12.2 Å². The molecule has 0 aromatic heterocycles. The molecule has 10 atom stereocenters. The minimum absolute atomic E-state index is 0.0197. The van der Waals surface area contributed by atoms with Crippen LogP contribution >= 0.6 is 0 Å². The van der Waals surface area contributed by atoms with Crippen molar-refractivity contribution in [2.75, 3.05) is 6.54 Å². The average molecular weight is 329 g/mol. The summed E-state index contributed by atoms with van der Waals surface area (Å²) in [6.45, 7) is 7.38. The molecule has 6 bridgehead atoms. The average Bonchev–Trinajstić information content (AvgIpc) is 2.61. The highest BCUT2D eigenvalue weighted by molar-refractivity contribution is 5.82. The third kappa shape index (κ3) is 1.18. The predicted octanol–water partition coefficient (Wildman–Crippen LogP) is 1.27. The van der Waals surface area contributed by atoms with Crippen LogP contribution < -0.4 is 5.32 Å². The predicted molar refractivity (Wildman–Crippen MR) is 88.0 cm³/mol. The minimum Gasteiger partial charge on any atom is -0.392 e. The molecule has 1 saturated heterocycles. The lowest BCUT2D eigenvalue weighted by atomic mass is 9.39. The fourth-order valence-electron chi connectivity index (χ4n) is 9.37. The molecule has 4 heteroatoms. The molecule has 7 aliphatic rings. The van der Waals surface area contributed by atoms with E-state index in [2.05, 4.69) is 18.8 Å². The number of nitrogens with one attached hydrogen (secondary N) is 1. The van der Waals surface area contributed by atoms with Crippen molar-refractivity contribution in [1.82, 2.24) is 5.32 Å². The maximum Gasteiger partial charge on any atom is 0.134 e. The first-order chi connectivity index (χ1) is 11.4. The quantitative estimate of drug-likeness (QED) is 0.586. The minimum atomic E-state index is -0.527. The summed E-state index contributed by atoms with van der Waals surface area (Å²) in [7, 11) is 0. The molecule has 1 heterocycles. The van der Waals surface area contributed by atoms with Crippen molar-refractivity contribution in [3.8, 4) is 0 Å². The maximum atomic E-state index is 12.8. The summed E-state index contributed by atoms with van der Waals surface area (Å²) in [5.74, 6) is 1.03. The van der Waals surface area contributed by atoms with Crippen molar-refractivity contribution in [3.05, 3.63) is 12.2 Å². The van der Waals surface area contributed by atoms with Crippen LogP contribution in [0.3, 0.4) is 0 Å². The monoisotopic (exact) mass is 329 g/mol. The summed E-state index contributed by atoms with van der Waals surface area (Å²) in [6, 6.07) is 0.190. The molecule has 6 aliphatic carbocycles. The van der Waals surface area contributed by atoms with Crippen LogP contribution in [0.1, 0.15) is 39.0 Å². The van der Waals surface area contributed by atoms with Crippen molar-refractivity contribution in [2.45, 2.75) is 57.3 Å². The number of Topliss-reactive ketones (excluding diaryl/α,β-unsaturated/α-hetero) is 1. The lowest BCUT2D eigenvalue weighted by Crippen LogP contribution is -2.69. The van der Waals surface area contributed by atoms with Gasteiger partial charge in [0.2, 0.25) is 0 Å². The van der Waals surface area contributed by atoms with Crippen LogP contribution in [0.4, 0.5) is 0 Å². The Labute approximate surface area is 142 Å². The molecular formula is C20H27NO3. The Hall–Kier alpha value is -0.710. The van der Waals surface area contributed by atoms with Gasteiger partial charge in [0.15, 0.2) is 0 Å². The Morgan fingerprint density at radius 3 is 2.79 bits per heavy atom. The number of aliphatic hydroxyl groups excluding tert-OH is 2.